The van der Waals surface area contributed by atoms with Crippen molar-refractivity contribution in [2.24, 2.45) is 5.92 Å². The van der Waals surface area contributed by atoms with Gasteiger partial charge in [0.05, 0.1) is 24.3 Å². The topological polar surface area (TPSA) is 73.1 Å². The Morgan fingerprint density at radius 1 is 1.29 bits per heavy atom. The van der Waals surface area contributed by atoms with E-state index in [9.17, 15) is 4.79 Å². The van der Waals surface area contributed by atoms with Crippen LogP contribution in [0.25, 0.3) is 5.69 Å². The number of nitrogens with zero attached hydrogens (tertiary/aromatic N) is 5. The lowest BCUT2D eigenvalue weighted by atomic mass is 9.96. The molecule has 0 aliphatic carbocycles. The molecule has 0 amide bonds. The van der Waals surface area contributed by atoms with Crippen molar-refractivity contribution in [2.75, 3.05) is 19.7 Å². The molecule has 0 unspecified atom stereocenters. The highest BCUT2D eigenvalue weighted by atomic mass is 16.5. The first-order valence-corrected chi connectivity index (χ1v) is 8.45. The molecule has 1 aliphatic rings. The van der Waals surface area contributed by atoms with E-state index in [-0.39, 0.29) is 17.9 Å². The van der Waals surface area contributed by atoms with Gasteiger partial charge in [-0.25, -0.2) is 0 Å². The fourth-order valence-electron chi connectivity index (χ4n) is 3.15. The van der Waals surface area contributed by atoms with Crippen molar-refractivity contribution in [3.05, 3.63) is 36.2 Å². The number of carbonyl (C=O) groups excluding carboxylic acids is 1. The number of esters is 1. The van der Waals surface area contributed by atoms with Crippen LogP contribution in [0, 0.1) is 5.92 Å². The zero-order valence-electron chi connectivity index (χ0n) is 14.1. The zero-order valence-corrected chi connectivity index (χ0v) is 14.1. The van der Waals surface area contributed by atoms with Crippen molar-refractivity contribution in [2.45, 2.75) is 32.7 Å². The molecule has 0 saturated carbocycles. The highest BCUT2D eigenvalue weighted by Crippen LogP contribution is 2.26. The summed E-state index contributed by atoms with van der Waals surface area (Å²) in [5.41, 5.74) is 0.950. The first-order chi connectivity index (χ1) is 11.7. The predicted molar refractivity (Wildman–Crippen MR) is 88.5 cm³/mol. The molecular weight excluding hydrogens is 306 g/mol. The molecule has 128 valence electrons. The van der Waals surface area contributed by atoms with Gasteiger partial charge in [-0.05, 0) is 62.3 Å². The van der Waals surface area contributed by atoms with Crippen LogP contribution >= 0.6 is 0 Å². The molecule has 0 bridgehead atoms. The van der Waals surface area contributed by atoms with Crippen LogP contribution in [0.1, 0.15) is 38.6 Å². The number of hydrogen-bond donors (Lipinski definition) is 0. The summed E-state index contributed by atoms with van der Waals surface area (Å²) < 4.78 is 6.91. The largest absolute Gasteiger partial charge is 0.466 e. The standard InChI is InChI=1S/C17H23N5O2/c1-3-24-17(23)14-9-11-21(12-10-14)13(2)16-18-19-20-22(16)15-7-5-4-6-8-15/h4-8,13-14H,3,9-12H2,1-2H3/t13-/m1/s1. The summed E-state index contributed by atoms with van der Waals surface area (Å²) in [5.74, 6) is 0.758. The van der Waals surface area contributed by atoms with Crippen LogP contribution in [0.4, 0.5) is 0 Å². The fraction of sp³-hybridized carbons (Fsp3) is 0.529. The maximum Gasteiger partial charge on any atom is 0.309 e. The Hall–Kier alpha value is -2.28. The third kappa shape index (κ3) is 3.46. The lowest BCUT2D eigenvalue weighted by Crippen LogP contribution is -2.39. The van der Waals surface area contributed by atoms with Crippen molar-refractivity contribution >= 4 is 5.97 Å². The molecule has 0 N–H and O–H groups in total. The van der Waals surface area contributed by atoms with E-state index >= 15 is 0 Å². The summed E-state index contributed by atoms with van der Waals surface area (Å²) in [6.07, 6.45) is 1.63. The Labute approximate surface area is 141 Å². The maximum absolute atomic E-state index is 11.9. The number of benzene rings is 1. The minimum atomic E-state index is -0.0704. The van der Waals surface area contributed by atoms with Gasteiger partial charge in [-0.15, -0.1) is 5.10 Å². The molecule has 7 nitrogen and oxygen atoms in total. The fourth-order valence-corrected chi connectivity index (χ4v) is 3.15. The smallest absolute Gasteiger partial charge is 0.309 e. The van der Waals surface area contributed by atoms with Gasteiger partial charge in [0.1, 0.15) is 0 Å². The number of para-hydroxylation sites is 1. The van der Waals surface area contributed by atoms with E-state index < -0.39 is 0 Å². The van der Waals surface area contributed by atoms with Crippen molar-refractivity contribution < 1.29 is 9.53 Å². The summed E-state index contributed by atoms with van der Waals surface area (Å²) >= 11 is 0. The van der Waals surface area contributed by atoms with Gasteiger partial charge in [-0.1, -0.05) is 18.2 Å². The SMILES string of the molecule is CCOC(=O)C1CCN([C@H](C)c2nnnn2-c2ccccc2)CC1. The molecule has 0 spiro atoms. The maximum atomic E-state index is 11.9. The summed E-state index contributed by atoms with van der Waals surface area (Å²) in [6, 6.07) is 9.96. The Kier molecular flexibility index (Phi) is 5.20. The number of aromatic nitrogens is 4. The Balaban J connectivity index is 1.68. The predicted octanol–water partition coefficient (Wildman–Crippen LogP) is 2.00. The van der Waals surface area contributed by atoms with Crippen LogP contribution in [-0.4, -0.2) is 50.8 Å². The molecule has 1 atom stereocenters. The number of tetrazole rings is 1. The minimum Gasteiger partial charge on any atom is -0.466 e. The van der Waals surface area contributed by atoms with Gasteiger partial charge in [0.15, 0.2) is 5.82 Å². The minimum absolute atomic E-state index is 0.0125. The average Bonchev–Trinajstić information content (AvgIpc) is 3.12. The molecule has 1 saturated heterocycles. The van der Waals surface area contributed by atoms with Gasteiger partial charge in [0.25, 0.3) is 0 Å². The molecule has 7 heteroatoms. The third-order valence-electron chi connectivity index (χ3n) is 4.57. The molecule has 0 radical (unpaired) electrons. The molecule has 1 aromatic heterocycles. The van der Waals surface area contributed by atoms with Gasteiger partial charge in [0.2, 0.25) is 0 Å². The molecular formula is C17H23N5O2. The first-order valence-electron chi connectivity index (χ1n) is 8.45. The highest BCUT2D eigenvalue weighted by Gasteiger charge is 2.30. The van der Waals surface area contributed by atoms with Crippen LogP contribution < -0.4 is 0 Å². The number of piperidine rings is 1. The van der Waals surface area contributed by atoms with Crippen molar-refractivity contribution in [3.8, 4) is 5.69 Å². The van der Waals surface area contributed by atoms with Crippen molar-refractivity contribution in [1.29, 1.82) is 0 Å². The summed E-state index contributed by atoms with van der Waals surface area (Å²) in [5, 5.41) is 12.2. The molecule has 24 heavy (non-hydrogen) atoms. The number of ether oxygens (including phenoxy) is 1. The second-order valence-corrected chi connectivity index (χ2v) is 6.02. The van der Waals surface area contributed by atoms with Crippen molar-refractivity contribution in [3.63, 3.8) is 0 Å². The van der Waals surface area contributed by atoms with E-state index in [1.165, 1.54) is 0 Å². The monoisotopic (exact) mass is 329 g/mol. The molecule has 1 aromatic carbocycles. The number of likely N-dealkylation sites (tertiary alicyclic amines) is 1. The van der Waals surface area contributed by atoms with Gasteiger partial charge >= 0.3 is 5.97 Å². The number of hydrogen-bond acceptors (Lipinski definition) is 6. The second kappa shape index (κ2) is 7.53. The number of rotatable bonds is 5. The summed E-state index contributed by atoms with van der Waals surface area (Å²) in [4.78, 5) is 14.2. The molecule has 2 aromatic rings. The van der Waals surface area contributed by atoms with E-state index in [1.54, 1.807) is 4.68 Å². The first kappa shape index (κ1) is 16.6. The van der Waals surface area contributed by atoms with Crippen molar-refractivity contribution in [1.82, 2.24) is 25.1 Å². The van der Waals surface area contributed by atoms with Crippen LogP contribution in [0.3, 0.4) is 0 Å². The molecule has 1 aliphatic heterocycles. The lowest BCUT2D eigenvalue weighted by Gasteiger charge is -2.34. The van der Waals surface area contributed by atoms with E-state index in [0.29, 0.717) is 6.61 Å². The normalized spacial score (nSPS) is 17.6. The zero-order chi connectivity index (χ0) is 16.9. The van der Waals surface area contributed by atoms with Gasteiger partial charge in [-0.2, -0.15) is 4.68 Å². The van der Waals surface area contributed by atoms with E-state index in [4.69, 9.17) is 4.74 Å². The van der Waals surface area contributed by atoms with Crippen LogP contribution in [-0.2, 0) is 9.53 Å². The van der Waals surface area contributed by atoms with Gasteiger partial charge < -0.3 is 4.74 Å². The van der Waals surface area contributed by atoms with E-state index in [0.717, 1.165) is 37.4 Å². The van der Waals surface area contributed by atoms with Crippen LogP contribution in [0.15, 0.2) is 30.3 Å². The van der Waals surface area contributed by atoms with Crippen LogP contribution in [0.2, 0.25) is 0 Å². The van der Waals surface area contributed by atoms with E-state index in [2.05, 4.69) is 27.3 Å². The molecule has 2 heterocycles. The summed E-state index contributed by atoms with van der Waals surface area (Å²) in [6.45, 7) is 6.08. The molecule has 1 fully saturated rings. The van der Waals surface area contributed by atoms with Crippen LogP contribution in [0.5, 0.6) is 0 Å². The summed E-state index contributed by atoms with van der Waals surface area (Å²) in [7, 11) is 0. The second-order valence-electron chi connectivity index (χ2n) is 6.02. The third-order valence-corrected chi connectivity index (χ3v) is 4.57. The van der Waals surface area contributed by atoms with Gasteiger partial charge in [0, 0.05) is 0 Å². The van der Waals surface area contributed by atoms with Gasteiger partial charge in [-0.3, -0.25) is 9.69 Å². The quantitative estimate of drug-likeness (QED) is 0.781. The molecule has 3 rings (SSSR count). The number of carbonyl (C=O) groups is 1. The van der Waals surface area contributed by atoms with E-state index in [1.807, 2.05) is 37.3 Å². The highest BCUT2D eigenvalue weighted by molar-refractivity contribution is 5.72. The lowest BCUT2D eigenvalue weighted by molar-refractivity contribution is -0.149. The Morgan fingerprint density at radius 2 is 2.00 bits per heavy atom. The Bertz CT molecular complexity index is 665. The Morgan fingerprint density at radius 3 is 2.67 bits per heavy atom. The average molecular weight is 329 g/mol.